The molecule has 1 aromatic rings. The minimum absolute atomic E-state index is 0.239. The van der Waals surface area contributed by atoms with Gasteiger partial charge in [0, 0.05) is 18.2 Å². The Kier molecular flexibility index (Phi) is 9.08. The Morgan fingerprint density at radius 3 is 2.07 bits per heavy atom. The lowest BCUT2D eigenvalue weighted by atomic mass is 9.87. The largest absolute Gasteiger partial charge is 0.409 e. The number of hydrogen-bond donors (Lipinski definition) is 1. The van der Waals surface area contributed by atoms with Crippen molar-refractivity contribution in [3.05, 3.63) is 33.6 Å². The van der Waals surface area contributed by atoms with Crippen molar-refractivity contribution in [1.82, 2.24) is 5.32 Å². The lowest BCUT2D eigenvalue weighted by molar-refractivity contribution is 0.174. The average molecular weight is 434 g/mol. The van der Waals surface area contributed by atoms with Crippen LogP contribution in [-0.4, -0.2) is 20.9 Å². The highest BCUT2D eigenvalue weighted by Crippen LogP contribution is 2.37. The molecule has 0 saturated heterocycles. The molecule has 1 fully saturated rings. The van der Waals surface area contributed by atoms with Gasteiger partial charge < -0.3 is 9.74 Å². The summed E-state index contributed by atoms with van der Waals surface area (Å²) < 4.78 is 20.5. The fraction of sp³-hybridized carbons (Fsp3) is 0.714. The second-order valence-corrected chi connectivity index (χ2v) is 13.5. The summed E-state index contributed by atoms with van der Waals surface area (Å²) in [5.41, 5.74) is 0.726. The highest BCUT2D eigenvalue weighted by atomic mass is 35.5. The van der Waals surface area contributed by atoms with Crippen LogP contribution in [0, 0.1) is 11.7 Å². The lowest BCUT2D eigenvalue weighted by Crippen LogP contribution is -2.42. The molecule has 1 aromatic carbocycles. The van der Waals surface area contributed by atoms with Crippen LogP contribution in [0.2, 0.25) is 28.2 Å². The molecule has 1 atom stereocenters. The SMILES string of the molecule is CC[Si](CC)(CC)OC(CNC1CCC(C)CC1)c1c(Cl)cc(F)cc1Cl. The summed E-state index contributed by atoms with van der Waals surface area (Å²) in [7, 11) is -1.87. The Bertz CT molecular complexity index is 573. The van der Waals surface area contributed by atoms with Gasteiger partial charge in [-0.15, -0.1) is 0 Å². The van der Waals surface area contributed by atoms with Crippen molar-refractivity contribution in [2.24, 2.45) is 5.92 Å². The molecule has 0 aliphatic heterocycles. The standard InChI is InChI=1S/C21H34Cl2FNOSi/c1-5-27(6-2,7-3)26-20(14-25-17-10-8-15(4)9-11-17)21-18(22)12-16(24)13-19(21)23/h12-13,15,17,20,25H,5-11,14H2,1-4H3. The van der Waals surface area contributed by atoms with Crippen molar-refractivity contribution < 1.29 is 8.82 Å². The molecule has 0 amide bonds. The van der Waals surface area contributed by atoms with Crippen molar-refractivity contribution in [3.8, 4) is 0 Å². The summed E-state index contributed by atoms with van der Waals surface area (Å²) in [5, 5.41) is 4.40. The van der Waals surface area contributed by atoms with Crippen LogP contribution in [0.3, 0.4) is 0 Å². The van der Waals surface area contributed by atoms with Crippen molar-refractivity contribution in [1.29, 1.82) is 0 Å². The Morgan fingerprint density at radius 1 is 1.07 bits per heavy atom. The maximum Gasteiger partial charge on any atom is 0.192 e. The predicted octanol–water partition coefficient (Wildman–Crippen LogP) is 7.36. The topological polar surface area (TPSA) is 21.3 Å². The highest BCUT2D eigenvalue weighted by Gasteiger charge is 2.34. The smallest absolute Gasteiger partial charge is 0.192 e. The van der Waals surface area contributed by atoms with E-state index in [0.29, 0.717) is 22.6 Å². The van der Waals surface area contributed by atoms with Gasteiger partial charge in [-0.05, 0) is 61.9 Å². The summed E-state index contributed by atoms with van der Waals surface area (Å²) in [6.07, 6.45) is 4.67. The molecule has 2 nitrogen and oxygen atoms in total. The van der Waals surface area contributed by atoms with Gasteiger partial charge in [-0.3, -0.25) is 0 Å². The molecule has 1 unspecified atom stereocenters. The first-order valence-corrected chi connectivity index (χ1v) is 13.7. The fourth-order valence-corrected chi connectivity index (χ4v) is 7.61. The van der Waals surface area contributed by atoms with Crippen LogP contribution in [0.1, 0.15) is 65.0 Å². The third-order valence-corrected chi connectivity index (χ3v) is 11.6. The fourth-order valence-electron chi connectivity index (χ4n) is 4.10. The molecular formula is C21H34Cl2FNOSi. The van der Waals surface area contributed by atoms with E-state index in [-0.39, 0.29) is 6.10 Å². The van der Waals surface area contributed by atoms with Gasteiger partial charge in [0.15, 0.2) is 8.32 Å². The van der Waals surface area contributed by atoms with Gasteiger partial charge in [0.25, 0.3) is 0 Å². The van der Waals surface area contributed by atoms with Gasteiger partial charge in [-0.25, -0.2) is 4.39 Å². The normalized spacial score (nSPS) is 22.0. The van der Waals surface area contributed by atoms with Gasteiger partial charge in [-0.2, -0.15) is 0 Å². The zero-order chi connectivity index (χ0) is 20.0. The van der Waals surface area contributed by atoms with Crippen LogP contribution >= 0.6 is 23.2 Å². The zero-order valence-electron chi connectivity index (χ0n) is 17.1. The Morgan fingerprint density at radius 2 is 1.59 bits per heavy atom. The van der Waals surface area contributed by atoms with Crippen LogP contribution < -0.4 is 5.32 Å². The molecular weight excluding hydrogens is 400 g/mol. The first-order valence-electron chi connectivity index (χ1n) is 10.4. The van der Waals surface area contributed by atoms with Crippen LogP contribution in [-0.2, 0) is 4.43 Å². The summed E-state index contributed by atoms with van der Waals surface area (Å²) >= 11 is 12.8. The number of rotatable bonds is 9. The summed E-state index contributed by atoms with van der Waals surface area (Å²) in [5.74, 6) is 0.406. The molecule has 1 aliphatic rings. The lowest BCUT2D eigenvalue weighted by Gasteiger charge is -2.36. The first kappa shape index (κ1) is 23.1. The number of halogens is 3. The van der Waals surface area contributed by atoms with Crippen molar-refractivity contribution >= 4 is 31.5 Å². The first-order chi connectivity index (χ1) is 12.8. The molecule has 1 aliphatic carbocycles. The van der Waals surface area contributed by atoms with E-state index < -0.39 is 14.1 Å². The van der Waals surface area contributed by atoms with Gasteiger partial charge in [0.1, 0.15) is 5.82 Å². The Labute approximate surface area is 175 Å². The summed E-state index contributed by atoms with van der Waals surface area (Å²) in [4.78, 5) is 0. The molecule has 0 spiro atoms. The number of nitrogens with one attached hydrogen (secondary N) is 1. The van der Waals surface area contributed by atoms with Crippen LogP contribution in [0.4, 0.5) is 4.39 Å². The zero-order valence-corrected chi connectivity index (χ0v) is 19.6. The van der Waals surface area contributed by atoms with E-state index in [4.69, 9.17) is 27.6 Å². The molecule has 0 radical (unpaired) electrons. The van der Waals surface area contributed by atoms with Crippen LogP contribution in [0.5, 0.6) is 0 Å². The van der Waals surface area contributed by atoms with Gasteiger partial charge in [0.2, 0.25) is 0 Å². The maximum absolute atomic E-state index is 13.7. The van der Waals surface area contributed by atoms with E-state index in [1.807, 2.05) is 0 Å². The number of benzene rings is 1. The molecule has 1 saturated carbocycles. The monoisotopic (exact) mass is 433 g/mol. The molecule has 0 aromatic heterocycles. The van der Waals surface area contributed by atoms with E-state index in [9.17, 15) is 4.39 Å². The van der Waals surface area contributed by atoms with E-state index in [2.05, 4.69) is 33.0 Å². The van der Waals surface area contributed by atoms with Gasteiger partial charge in [-0.1, -0.05) is 50.9 Å². The van der Waals surface area contributed by atoms with Crippen molar-refractivity contribution in [2.75, 3.05) is 6.54 Å². The maximum atomic E-state index is 13.7. The predicted molar refractivity (Wildman–Crippen MR) is 117 cm³/mol. The van der Waals surface area contributed by atoms with Crippen LogP contribution in [0.25, 0.3) is 0 Å². The minimum Gasteiger partial charge on any atom is -0.409 e. The second-order valence-electron chi connectivity index (χ2n) is 8.00. The van der Waals surface area contributed by atoms with E-state index in [1.54, 1.807) is 0 Å². The van der Waals surface area contributed by atoms with Gasteiger partial charge >= 0.3 is 0 Å². The molecule has 6 heteroatoms. The minimum atomic E-state index is -1.87. The average Bonchev–Trinajstić information content (AvgIpc) is 2.64. The summed E-state index contributed by atoms with van der Waals surface area (Å²) in [6, 6.07) is 6.34. The third-order valence-electron chi connectivity index (χ3n) is 6.30. The summed E-state index contributed by atoms with van der Waals surface area (Å²) in [6.45, 7) is 9.61. The van der Waals surface area contributed by atoms with Crippen LogP contribution in [0.15, 0.2) is 12.1 Å². The molecule has 154 valence electrons. The van der Waals surface area contributed by atoms with E-state index in [1.165, 1.54) is 37.8 Å². The number of hydrogen-bond acceptors (Lipinski definition) is 2. The third kappa shape index (κ3) is 6.17. The molecule has 2 rings (SSSR count). The molecule has 0 heterocycles. The molecule has 27 heavy (non-hydrogen) atoms. The molecule has 1 N–H and O–H groups in total. The molecule has 0 bridgehead atoms. The Hall–Kier alpha value is -0.133. The van der Waals surface area contributed by atoms with Gasteiger partial charge in [0.05, 0.1) is 16.1 Å². The van der Waals surface area contributed by atoms with Crippen molar-refractivity contribution in [2.45, 2.75) is 83.7 Å². The second kappa shape index (κ2) is 10.6. The van der Waals surface area contributed by atoms with E-state index >= 15 is 0 Å². The quantitative estimate of drug-likeness (QED) is 0.410. The van der Waals surface area contributed by atoms with E-state index in [0.717, 1.165) is 29.6 Å². The van der Waals surface area contributed by atoms with Crippen molar-refractivity contribution in [3.63, 3.8) is 0 Å². The highest BCUT2D eigenvalue weighted by molar-refractivity contribution is 6.73. The Balaban J connectivity index is 2.23.